The van der Waals surface area contributed by atoms with Crippen LogP contribution < -0.4 is 10.2 Å². The number of nitrogens with zero attached hydrogens (tertiary/aromatic N) is 1. The van der Waals surface area contributed by atoms with E-state index in [9.17, 15) is 9.59 Å². The number of benzene rings is 1. The molecule has 1 N–H and O–H groups in total. The summed E-state index contributed by atoms with van der Waals surface area (Å²) in [6, 6.07) is 11.8. The van der Waals surface area contributed by atoms with Crippen LogP contribution in [0.1, 0.15) is 12.1 Å². The van der Waals surface area contributed by atoms with Gasteiger partial charge in [0.25, 0.3) is 0 Å². The Labute approximate surface area is 142 Å². The van der Waals surface area contributed by atoms with Crippen LogP contribution in [0.15, 0.2) is 52.0 Å². The lowest BCUT2D eigenvalue weighted by Gasteiger charge is -2.10. The monoisotopic (exact) mass is 344 g/mol. The molecule has 0 spiro atoms. The molecule has 6 heteroatoms. The van der Waals surface area contributed by atoms with Gasteiger partial charge >= 0.3 is 4.87 Å². The number of aromatic nitrogens is 1. The fourth-order valence-electron chi connectivity index (χ4n) is 2.34. The molecular formula is C17H16N2O2S2. The molecule has 0 bridgehead atoms. The standard InChI is InChI=1S/C17H16N2O2S2/c1-12-11-23-17(21)19(12)9-8-16(20)18-14-6-3-2-5-13(14)15-7-4-10-22-15/h2-7,10-11H,8-9H2,1H3,(H,18,20). The number of hydrogen-bond acceptors (Lipinski definition) is 4. The van der Waals surface area contributed by atoms with Gasteiger partial charge in [0.05, 0.1) is 0 Å². The number of thiazole rings is 1. The minimum atomic E-state index is -0.0912. The second-order valence-corrected chi connectivity index (χ2v) is 6.88. The molecule has 0 unspecified atom stereocenters. The van der Waals surface area contributed by atoms with Crippen molar-refractivity contribution in [1.82, 2.24) is 4.57 Å². The summed E-state index contributed by atoms with van der Waals surface area (Å²) < 4.78 is 1.63. The molecule has 118 valence electrons. The molecule has 3 aromatic rings. The van der Waals surface area contributed by atoms with E-state index < -0.39 is 0 Å². The zero-order valence-corrected chi connectivity index (χ0v) is 14.2. The van der Waals surface area contributed by atoms with E-state index in [4.69, 9.17) is 0 Å². The summed E-state index contributed by atoms with van der Waals surface area (Å²) in [4.78, 5) is 25.0. The summed E-state index contributed by atoms with van der Waals surface area (Å²) in [6.07, 6.45) is 0.274. The number of anilines is 1. The first-order valence-electron chi connectivity index (χ1n) is 7.23. The van der Waals surface area contributed by atoms with Crippen molar-refractivity contribution in [3.05, 3.63) is 62.5 Å². The Balaban J connectivity index is 1.70. The second kappa shape index (κ2) is 6.93. The lowest BCUT2D eigenvalue weighted by molar-refractivity contribution is -0.116. The van der Waals surface area contributed by atoms with E-state index in [2.05, 4.69) is 5.32 Å². The Morgan fingerprint density at radius 1 is 1.17 bits per heavy atom. The number of thiophene rings is 1. The average Bonchev–Trinajstić information content (AvgIpc) is 3.17. The number of carbonyl (C=O) groups excluding carboxylic acids is 1. The molecule has 0 saturated heterocycles. The highest BCUT2D eigenvalue weighted by molar-refractivity contribution is 7.13. The van der Waals surface area contributed by atoms with Crippen LogP contribution in [0.3, 0.4) is 0 Å². The maximum atomic E-state index is 12.2. The van der Waals surface area contributed by atoms with Gasteiger partial charge in [-0.2, -0.15) is 0 Å². The quantitative estimate of drug-likeness (QED) is 0.761. The van der Waals surface area contributed by atoms with Crippen molar-refractivity contribution in [2.45, 2.75) is 19.9 Å². The van der Waals surface area contributed by atoms with E-state index in [1.807, 2.05) is 54.1 Å². The van der Waals surface area contributed by atoms with Crippen LogP contribution in [0.5, 0.6) is 0 Å². The number of nitrogens with one attached hydrogen (secondary N) is 1. The molecule has 1 aromatic carbocycles. The van der Waals surface area contributed by atoms with Crippen LogP contribution in [0.2, 0.25) is 0 Å². The highest BCUT2D eigenvalue weighted by atomic mass is 32.1. The highest BCUT2D eigenvalue weighted by Crippen LogP contribution is 2.31. The lowest BCUT2D eigenvalue weighted by Crippen LogP contribution is -2.20. The van der Waals surface area contributed by atoms with Crippen LogP contribution in [-0.2, 0) is 11.3 Å². The van der Waals surface area contributed by atoms with Gasteiger partial charge in [-0.05, 0) is 24.4 Å². The van der Waals surface area contributed by atoms with Gasteiger partial charge in [-0.1, -0.05) is 35.6 Å². The van der Waals surface area contributed by atoms with Gasteiger partial charge in [-0.15, -0.1) is 11.3 Å². The molecule has 0 aliphatic rings. The largest absolute Gasteiger partial charge is 0.325 e. The zero-order chi connectivity index (χ0) is 16.2. The molecule has 0 radical (unpaired) electrons. The van der Waals surface area contributed by atoms with Gasteiger partial charge in [0, 0.05) is 40.2 Å². The molecule has 3 rings (SSSR count). The molecule has 0 aliphatic carbocycles. The molecule has 4 nitrogen and oxygen atoms in total. The second-order valence-electron chi connectivity index (χ2n) is 5.12. The molecular weight excluding hydrogens is 328 g/mol. The predicted octanol–water partition coefficient (Wildman–Crippen LogP) is 3.98. The van der Waals surface area contributed by atoms with Gasteiger partial charge in [-0.3, -0.25) is 9.59 Å². The van der Waals surface area contributed by atoms with Gasteiger partial charge < -0.3 is 9.88 Å². The number of hydrogen-bond donors (Lipinski definition) is 1. The summed E-state index contributed by atoms with van der Waals surface area (Å²) >= 11 is 2.80. The number of rotatable bonds is 5. The average molecular weight is 344 g/mol. The Kier molecular flexibility index (Phi) is 4.73. The molecule has 0 atom stereocenters. The Hall–Kier alpha value is -2.18. The van der Waals surface area contributed by atoms with Gasteiger partial charge in [0.15, 0.2) is 0 Å². The summed E-state index contributed by atoms with van der Waals surface area (Å²) in [6.45, 7) is 2.28. The van der Waals surface area contributed by atoms with Crippen molar-refractivity contribution < 1.29 is 4.79 Å². The molecule has 0 aliphatic heterocycles. The Bertz CT molecular complexity index is 863. The number of para-hydroxylation sites is 1. The summed E-state index contributed by atoms with van der Waals surface area (Å²) in [5.41, 5.74) is 2.71. The minimum absolute atomic E-state index is 0.0192. The van der Waals surface area contributed by atoms with Crippen LogP contribution in [-0.4, -0.2) is 10.5 Å². The Morgan fingerprint density at radius 2 is 2.00 bits per heavy atom. The predicted molar refractivity (Wildman–Crippen MR) is 96.3 cm³/mol. The van der Waals surface area contributed by atoms with Crippen molar-refractivity contribution in [2.24, 2.45) is 0 Å². The fourth-order valence-corrected chi connectivity index (χ4v) is 3.87. The van der Waals surface area contributed by atoms with E-state index in [1.54, 1.807) is 15.9 Å². The van der Waals surface area contributed by atoms with E-state index in [-0.39, 0.29) is 17.2 Å². The van der Waals surface area contributed by atoms with Gasteiger partial charge in [-0.25, -0.2) is 0 Å². The fraction of sp³-hybridized carbons (Fsp3) is 0.176. The summed E-state index contributed by atoms with van der Waals surface area (Å²) in [5.74, 6) is -0.0912. The van der Waals surface area contributed by atoms with E-state index >= 15 is 0 Å². The summed E-state index contributed by atoms with van der Waals surface area (Å²) in [5, 5.41) is 6.78. The SMILES string of the molecule is Cc1csc(=O)n1CCC(=O)Nc1ccccc1-c1cccs1. The number of aryl methyl sites for hydroxylation is 1. The third kappa shape index (κ3) is 3.60. The first kappa shape index (κ1) is 15.7. The van der Waals surface area contributed by atoms with E-state index in [0.29, 0.717) is 6.54 Å². The van der Waals surface area contributed by atoms with E-state index in [1.165, 1.54) is 0 Å². The van der Waals surface area contributed by atoms with Crippen molar-refractivity contribution in [3.8, 4) is 10.4 Å². The Morgan fingerprint density at radius 3 is 2.70 bits per heavy atom. The first-order chi connectivity index (χ1) is 11.1. The summed E-state index contributed by atoms with van der Waals surface area (Å²) in [7, 11) is 0. The maximum absolute atomic E-state index is 12.2. The molecule has 1 amide bonds. The van der Waals surface area contributed by atoms with Gasteiger partial charge in [0.1, 0.15) is 0 Å². The first-order valence-corrected chi connectivity index (χ1v) is 8.99. The normalized spacial score (nSPS) is 10.7. The van der Waals surface area contributed by atoms with Crippen LogP contribution in [0, 0.1) is 6.92 Å². The van der Waals surface area contributed by atoms with E-state index in [0.717, 1.165) is 33.2 Å². The smallest absolute Gasteiger partial charge is 0.307 e. The molecule has 2 aromatic heterocycles. The molecule has 23 heavy (non-hydrogen) atoms. The van der Waals surface area contributed by atoms with Crippen molar-refractivity contribution in [3.63, 3.8) is 0 Å². The van der Waals surface area contributed by atoms with Crippen molar-refractivity contribution in [1.29, 1.82) is 0 Å². The zero-order valence-electron chi connectivity index (χ0n) is 12.6. The third-order valence-corrected chi connectivity index (χ3v) is 5.31. The highest BCUT2D eigenvalue weighted by Gasteiger charge is 2.10. The topological polar surface area (TPSA) is 51.1 Å². The molecule has 2 heterocycles. The number of carbonyl (C=O) groups is 1. The lowest BCUT2D eigenvalue weighted by atomic mass is 10.1. The third-order valence-electron chi connectivity index (χ3n) is 3.53. The van der Waals surface area contributed by atoms with Crippen LogP contribution >= 0.6 is 22.7 Å². The molecule has 0 fully saturated rings. The minimum Gasteiger partial charge on any atom is -0.325 e. The van der Waals surface area contributed by atoms with Gasteiger partial charge in [0.2, 0.25) is 5.91 Å². The van der Waals surface area contributed by atoms with Crippen LogP contribution in [0.25, 0.3) is 10.4 Å². The van der Waals surface area contributed by atoms with Crippen LogP contribution in [0.4, 0.5) is 5.69 Å². The molecule has 0 saturated carbocycles. The number of amides is 1. The van der Waals surface area contributed by atoms with Crippen molar-refractivity contribution >= 4 is 34.3 Å². The van der Waals surface area contributed by atoms with Crippen molar-refractivity contribution in [2.75, 3.05) is 5.32 Å². The maximum Gasteiger partial charge on any atom is 0.307 e.